The number of nitrogens with zero attached hydrogens (tertiary/aromatic N) is 4. The highest BCUT2D eigenvalue weighted by atomic mass is 35.5. The van der Waals surface area contributed by atoms with Gasteiger partial charge in [0.15, 0.2) is 5.03 Å². The lowest BCUT2D eigenvalue weighted by atomic mass is 10.0. The second-order valence-electron chi connectivity index (χ2n) is 6.34. The van der Waals surface area contributed by atoms with Crippen LogP contribution in [-0.2, 0) is 17.1 Å². The fourth-order valence-electron chi connectivity index (χ4n) is 2.94. The van der Waals surface area contributed by atoms with Gasteiger partial charge in [0.25, 0.3) is 10.0 Å². The predicted molar refractivity (Wildman–Crippen MR) is 94.5 cm³/mol. The van der Waals surface area contributed by atoms with E-state index in [1.807, 2.05) is 0 Å². The number of rotatable bonds is 5. The van der Waals surface area contributed by atoms with Crippen molar-refractivity contribution in [2.75, 3.05) is 19.7 Å². The van der Waals surface area contributed by atoms with Crippen LogP contribution in [0.4, 0.5) is 4.39 Å². The molecule has 0 aliphatic carbocycles. The molecule has 1 aromatic carbocycles. The van der Waals surface area contributed by atoms with Gasteiger partial charge in [0.2, 0.25) is 0 Å². The molecule has 1 saturated heterocycles. The summed E-state index contributed by atoms with van der Waals surface area (Å²) in [4.78, 5) is 0. The lowest BCUT2D eigenvalue weighted by molar-refractivity contribution is -0.0641. The Kier molecular flexibility index (Phi) is 5.35. The highest BCUT2D eigenvalue weighted by Crippen LogP contribution is 2.32. The molecule has 2 heterocycles. The number of β-amino-alcohol motifs (C(OH)–C–C–N with tert-alkyl or cyclic N) is 1. The maximum atomic E-state index is 13.8. The van der Waals surface area contributed by atoms with Gasteiger partial charge >= 0.3 is 0 Å². The van der Waals surface area contributed by atoms with Crippen LogP contribution < -0.4 is 4.74 Å². The molecule has 2 N–H and O–H groups in total. The quantitative estimate of drug-likeness (QED) is 0.696. The van der Waals surface area contributed by atoms with Gasteiger partial charge in [-0.15, -0.1) is 0 Å². The van der Waals surface area contributed by atoms with Gasteiger partial charge in [0.05, 0.1) is 29.9 Å². The van der Waals surface area contributed by atoms with Crippen molar-refractivity contribution in [3.05, 3.63) is 40.8 Å². The van der Waals surface area contributed by atoms with Gasteiger partial charge in [-0.1, -0.05) is 11.6 Å². The maximum absolute atomic E-state index is 13.8. The van der Waals surface area contributed by atoms with Gasteiger partial charge in [-0.3, -0.25) is 4.68 Å². The van der Waals surface area contributed by atoms with Crippen LogP contribution in [0.1, 0.15) is 5.56 Å². The van der Waals surface area contributed by atoms with Crippen LogP contribution in [-0.4, -0.2) is 64.1 Å². The fourth-order valence-corrected chi connectivity index (χ4v) is 5.05. The zero-order valence-corrected chi connectivity index (χ0v) is 16.2. The number of halogens is 2. The Morgan fingerprint density at radius 1 is 1.54 bits per heavy atom. The molecule has 1 aliphatic heterocycles. The summed E-state index contributed by atoms with van der Waals surface area (Å²) in [5, 5.41) is 32.5. The lowest BCUT2D eigenvalue weighted by Crippen LogP contribution is -2.48. The first-order valence-corrected chi connectivity index (χ1v) is 9.81. The Labute approximate surface area is 165 Å². The average molecular weight is 431 g/mol. The summed E-state index contributed by atoms with van der Waals surface area (Å²) in [6.07, 6.45) is -0.0115. The molecule has 0 radical (unpaired) electrons. The Morgan fingerprint density at radius 2 is 2.25 bits per heavy atom. The molecule has 0 spiro atoms. The molecule has 2 aromatic rings. The summed E-state index contributed by atoms with van der Waals surface area (Å²) in [6, 6.07) is 5.13. The van der Waals surface area contributed by atoms with Crippen LogP contribution in [0.15, 0.2) is 29.4 Å². The minimum Gasteiger partial charge on any atom is -0.486 e. The number of hydrogen-bond donors (Lipinski definition) is 2. The Bertz CT molecular complexity index is 1030. The topological polar surface area (TPSA) is 129 Å². The first-order chi connectivity index (χ1) is 13.1. The SMILES string of the molecule is Cn1ncc(Cl)c1S(=O)(=O)N1CC(Oc2ccc(C#N)c(F)c2)[C@](O)(CO)C1. The van der Waals surface area contributed by atoms with E-state index in [0.717, 1.165) is 15.1 Å². The molecule has 3 rings (SSSR count). The number of ether oxygens (including phenoxy) is 1. The minimum atomic E-state index is -4.15. The number of aliphatic hydroxyl groups is 2. The molecule has 1 aromatic heterocycles. The molecule has 1 unspecified atom stereocenters. The van der Waals surface area contributed by atoms with Crippen molar-refractivity contribution in [3.63, 3.8) is 0 Å². The molecule has 0 amide bonds. The molecular weight excluding hydrogens is 415 g/mol. The summed E-state index contributed by atoms with van der Waals surface area (Å²) in [7, 11) is -2.74. The zero-order valence-electron chi connectivity index (χ0n) is 14.6. The normalized spacial score (nSPS) is 22.9. The van der Waals surface area contributed by atoms with Gasteiger partial charge in [-0.2, -0.15) is 14.7 Å². The molecule has 1 aliphatic rings. The van der Waals surface area contributed by atoms with E-state index in [-0.39, 0.29) is 27.9 Å². The lowest BCUT2D eigenvalue weighted by Gasteiger charge is -2.27. The van der Waals surface area contributed by atoms with E-state index < -0.39 is 40.7 Å². The van der Waals surface area contributed by atoms with E-state index >= 15 is 0 Å². The number of nitriles is 1. The van der Waals surface area contributed by atoms with Crippen LogP contribution in [0.5, 0.6) is 5.75 Å². The number of benzene rings is 1. The first-order valence-electron chi connectivity index (χ1n) is 7.99. The zero-order chi connectivity index (χ0) is 20.7. The van der Waals surface area contributed by atoms with Crippen LogP contribution in [0, 0.1) is 17.1 Å². The summed E-state index contributed by atoms with van der Waals surface area (Å²) in [5.41, 5.74) is -2.12. The predicted octanol–water partition coefficient (Wildman–Crippen LogP) is 0.260. The molecule has 12 heteroatoms. The highest BCUT2D eigenvalue weighted by Gasteiger charge is 2.51. The number of aryl methyl sites for hydroxylation is 1. The number of sulfonamides is 1. The Hall–Kier alpha value is -2.23. The second-order valence-corrected chi connectivity index (χ2v) is 8.60. The van der Waals surface area contributed by atoms with E-state index in [0.29, 0.717) is 0 Å². The fraction of sp³-hybridized carbons (Fsp3) is 0.375. The third-order valence-electron chi connectivity index (χ3n) is 4.46. The van der Waals surface area contributed by atoms with Crippen molar-refractivity contribution in [3.8, 4) is 11.8 Å². The minimum absolute atomic E-state index is 0.0220. The Balaban J connectivity index is 1.90. The molecule has 2 atom stereocenters. The van der Waals surface area contributed by atoms with Crippen LogP contribution in [0.2, 0.25) is 5.02 Å². The van der Waals surface area contributed by atoms with Gasteiger partial charge in [-0.25, -0.2) is 12.8 Å². The van der Waals surface area contributed by atoms with Gasteiger partial charge in [0, 0.05) is 19.7 Å². The first kappa shape index (κ1) is 20.5. The van der Waals surface area contributed by atoms with E-state index in [1.165, 1.54) is 25.4 Å². The molecule has 150 valence electrons. The number of hydrogen-bond acceptors (Lipinski definition) is 7. The number of aromatic nitrogens is 2. The second kappa shape index (κ2) is 7.31. The van der Waals surface area contributed by atoms with Crippen LogP contribution >= 0.6 is 11.6 Å². The monoisotopic (exact) mass is 430 g/mol. The molecular formula is C16H16ClFN4O5S. The molecule has 0 saturated carbocycles. The maximum Gasteiger partial charge on any atom is 0.261 e. The molecule has 28 heavy (non-hydrogen) atoms. The van der Waals surface area contributed by atoms with Crippen molar-refractivity contribution >= 4 is 21.6 Å². The third kappa shape index (κ3) is 3.45. The Morgan fingerprint density at radius 3 is 2.79 bits per heavy atom. The van der Waals surface area contributed by atoms with Crippen LogP contribution in [0.25, 0.3) is 0 Å². The molecule has 9 nitrogen and oxygen atoms in total. The standard InChI is InChI=1S/C16H16ClFN4O5S/c1-21-15(12(17)6-20-21)28(25,26)22-7-14(16(24,8-22)9-23)27-11-3-2-10(5-19)13(18)4-11/h2-4,6,14,23-24H,7-9H2,1H3/t14?,16-/m1/s1. The summed E-state index contributed by atoms with van der Waals surface area (Å²) in [5.74, 6) is -0.845. The molecule has 1 fully saturated rings. The van der Waals surface area contributed by atoms with Crippen molar-refractivity contribution < 1.29 is 27.8 Å². The van der Waals surface area contributed by atoms with Gasteiger partial charge in [0.1, 0.15) is 29.3 Å². The van der Waals surface area contributed by atoms with Crippen molar-refractivity contribution in [2.24, 2.45) is 7.05 Å². The average Bonchev–Trinajstić information content (AvgIpc) is 3.16. The third-order valence-corrected chi connectivity index (χ3v) is 6.78. The van der Waals surface area contributed by atoms with E-state index in [2.05, 4.69) is 5.10 Å². The molecule has 0 bridgehead atoms. The van der Waals surface area contributed by atoms with Gasteiger partial charge in [-0.05, 0) is 12.1 Å². The van der Waals surface area contributed by atoms with Crippen molar-refractivity contribution in [1.82, 2.24) is 14.1 Å². The van der Waals surface area contributed by atoms with E-state index in [9.17, 15) is 23.0 Å². The summed E-state index contributed by atoms with van der Waals surface area (Å²) >= 11 is 5.92. The van der Waals surface area contributed by atoms with E-state index in [4.69, 9.17) is 21.6 Å². The highest BCUT2D eigenvalue weighted by molar-refractivity contribution is 7.89. The van der Waals surface area contributed by atoms with Crippen LogP contribution in [0.3, 0.4) is 0 Å². The van der Waals surface area contributed by atoms with Crippen molar-refractivity contribution in [2.45, 2.75) is 16.7 Å². The number of aliphatic hydroxyl groups excluding tert-OH is 1. The van der Waals surface area contributed by atoms with Gasteiger partial charge < -0.3 is 14.9 Å². The largest absolute Gasteiger partial charge is 0.486 e. The van der Waals surface area contributed by atoms with E-state index in [1.54, 1.807) is 6.07 Å². The van der Waals surface area contributed by atoms with Crippen molar-refractivity contribution in [1.29, 1.82) is 5.26 Å². The summed E-state index contributed by atoms with van der Waals surface area (Å²) in [6.45, 7) is -1.57. The smallest absolute Gasteiger partial charge is 0.261 e. The summed E-state index contributed by atoms with van der Waals surface area (Å²) < 4.78 is 47.2.